The van der Waals surface area contributed by atoms with E-state index < -0.39 is 5.91 Å². The molecule has 0 aliphatic rings. The molecule has 1 amide bonds. The Labute approximate surface area is 124 Å². The highest BCUT2D eigenvalue weighted by Gasteiger charge is 2.09. The fourth-order valence-corrected chi connectivity index (χ4v) is 1.88. The molecule has 21 heavy (non-hydrogen) atoms. The van der Waals surface area contributed by atoms with Gasteiger partial charge in [-0.15, -0.1) is 0 Å². The summed E-state index contributed by atoms with van der Waals surface area (Å²) < 4.78 is 0. The SMILES string of the molecule is CCc1ccc(/C=C(\C#N)C(=O)Nc2ccccc2)cc1. The van der Waals surface area contributed by atoms with Crippen LogP contribution in [0.1, 0.15) is 18.1 Å². The van der Waals surface area contributed by atoms with Crippen molar-refractivity contribution in [3.8, 4) is 6.07 Å². The van der Waals surface area contributed by atoms with Crippen molar-refractivity contribution in [2.45, 2.75) is 13.3 Å². The number of benzene rings is 2. The lowest BCUT2D eigenvalue weighted by molar-refractivity contribution is -0.112. The molecule has 0 spiro atoms. The molecule has 2 aromatic carbocycles. The highest BCUT2D eigenvalue weighted by molar-refractivity contribution is 6.09. The Morgan fingerprint density at radius 2 is 1.81 bits per heavy atom. The first-order valence-corrected chi connectivity index (χ1v) is 6.80. The summed E-state index contributed by atoms with van der Waals surface area (Å²) in [6, 6.07) is 18.8. The van der Waals surface area contributed by atoms with Gasteiger partial charge in [-0.3, -0.25) is 4.79 Å². The molecule has 0 unspecified atom stereocenters. The van der Waals surface area contributed by atoms with Crippen LogP contribution < -0.4 is 5.32 Å². The molecule has 1 N–H and O–H groups in total. The summed E-state index contributed by atoms with van der Waals surface area (Å²) in [5, 5.41) is 11.9. The van der Waals surface area contributed by atoms with Gasteiger partial charge in [-0.25, -0.2) is 0 Å². The number of nitrogens with one attached hydrogen (secondary N) is 1. The summed E-state index contributed by atoms with van der Waals surface area (Å²) in [5.74, 6) is -0.400. The molecule has 3 nitrogen and oxygen atoms in total. The monoisotopic (exact) mass is 276 g/mol. The van der Waals surface area contributed by atoms with E-state index >= 15 is 0 Å². The van der Waals surface area contributed by atoms with Gasteiger partial charge in [-0.1, -0.05) is 49.4 Å². The molecule has 2 rings (SSSR count). The Morgan fingerprint density at radius 3 is 2.38 bits per heavy atom. The van der Waals surface area contributed by atoms with Crippen molar-refractivity contribution in [3.63, 3.8) is 0 Å². The minimum absolute atomic E-state index is 0.0862. The predicted octanol–water partition coefficient (Wildman–Crippen LogP) is 3.79. The molecule has 0 heterocycles. The molecule has 0 saturated heterocycles. The second kappa shape index (κ2) is 7.06. The molecular formula is C18H16N2O. The van der Waals surface area contributed by atoms with E-state index in [1.807, 2.05) is 48.5 Å². The van der Waals surface area contributed by atoms with Gasteiger partial charge in [0.05, 0.1) is 0 Å². The minimum Gasteiger partial charge on any atom is -0.321 e. The summed E-state index contributed by atoms with van der Waals surface area (Å²) in [6.07, 6.45) is 2.56. The van der Waals surface area contributed by atoms with Crippen LogP contribution in [0.4, 0.5) is 5.69 Å². The molecule has 0 atom stereocenters. The van der Waals surface area contributed by atoms with E-state index in [9.17, 15) is 4.79 Å². The van der Waals surface area contributed by atoms with Crippen molar-refractivity contribution in [3.05, 3.63) is 71.3 Å². The van der Waals surface area contributed by atoms with Crippen LogP contribution in [0.3, 0.4) is 0 Å². The minimum atomic E-state index is -0.400. The number of rotatable bonds is 4. The Bertz CT molecular complexity index is 679. The van der Waals surface area contributed by atoms with Gasteiger partial charge in [0.2, 0.25) is 0 Å². The van der Waals surface area contributed by atoms with Crippen LogP contribution in [0, 0.1) is 11.3 Å². The number of hydrogen-bond acceptors (Lipinski definition) is 2. The standard InChI is InChI=1S/C18H16N2O/c1-2-14-8-10-15(11-9-14)12-16(13-19)18(21)20-17-6-4-3-5-7-17/h3-12H,2H2,1H3,(H,20,21)/b16-12+. The van der Waals surface area contributed by atoms with E-state index in [2.05, 4.69) is 12.2 Å². The number of carbonyl (C=O) groups excluding carboxylic acids is 1. The third-order valence-electron chi connectivity index (χ3n) is 3.10. The molecule has 0 aliphatic heterocycles. The van der Waals surface area contributed by atoms with Crippen molar-refractivity contribution in [1.82, 2.24) is 0 Å². The normalized spacial score (nSPS) is 10.8. The fraction of sp³-hybridized carbons (Fsp3) is 0.111. The van der Waals surface area contributed by atoms with Crippen LogP contribution in [0.15, 0.2) is 60.2 Å². The average molecular weight is 276 g/mol. The highest BCUT2D eigenvalue weighted by atomic mass is 16.1. The largest absolute Gasteiger partial charge is 0.321 e. The lowest BCUT2D eigenvalue weighted by Crippen LogP contribution is -2.13. The third kappa shape index (κ3) is 4.05. The smallest absolute Gasteiger partial charge is 0.266 e. The quantitative estimate of drug-likeness (QED) is 0.682. The van der Waals surface area contributed by atoms with E-state index in [1.165, 1.54) is 5.56 Å². The maximum Gasteiger partial charge on any atom is 0.266 e. The maximum absolute atomic E-state index is 12.1. The van der Waals surface area contributed by atoms with Crippen LogP contribution in [-0.2, 0) is 11.2 Å². The Balaban J connectivity index is 2.16. The first kappa shape index (κ1) is 14.5. The van der Waals surface area contributed by atoms with E-state index in [1.54, 1.807) is 18.2 Å². The third-order valence-corrected chi connectivity index (χ3v) is 3.10. The summed E-state index contributed by atoms with van der Waals surface area (Å²) >= 11 is 0. The molecule has 0 aliphatic carbocycles. The second-order valence-electron chi connectivity index (χ2n) is 4.59. The zero-order valence-electron chi connectivity index (χ0n) is 11.8. The Kier molecular flexibility index (Phi) is 4.89. The van der Waals surface area contributed by atoms with Gasteiger partial charge in [-0.05, 0) is 35.8 Å². The number of aryl methyl sites for hydroxylation is 1. The van der Waals surface area contributed by atoms with Crippen molar-refractivity contribution >= 4 is 17.7 Å². The predicted molar refractivity (Wildman–Crippen MR) is 84.5 cm³/mol. The van der Waals surface area contributed by atoms with E-state index in [0.717, 1.165) is 12.0 Å². The van der Waals surface area contributed by atoms with Crippen molar-refractivity contribution in [2.75, 3.05) is 5.32 Å². The van der Waals surface area contributed by atoms with Crippen LogP contribution >= 0.6 is 0 Å². The lowest BCUT2D eigenvalue weighted by atomic mass is 10.1. The zero-order valence-corrected chi connectivity index (χ0v) is 11.8. The van der Waals surface area contributed by atoms with E-state index in [-0.39, 0.29) is 5.57 Å². The fourth-order valence-electron chi connectivity index (χ4n) is 1.88. The number of anilines is 1. The van der Waals surface area contributed by atoms with Gasteiger partial charge >= 0.3 is 0 Å². The topological polar surface area (TPSA) is 52.9 Å². The highest BCUT2D eigenvalue weighted by Crippen LogP contribution is 2.12. The van der Waals surface area contributed by atoms with E-state index in [4.69, 9.17) is 5.26 Å². The van der Waals surface area contributed by atoms with Gasteiger partial charge in [0, 0.05) is 5.69 Å². The molecule has 0 bridgehead atoms. The Morgan fingerprint density at radius 1 is 1.14 bits per heavy atom. The van der Waals surface area contributed by atoms with E-state index in [0.29, 0.717) is 5.69 Å². The number of nitrogens with zero attached hydrogens (tertiary/aromatic N) is 1. The molecule has 3 heteroatoms. The van der Waals surface area contributed by atoms with Crippen LogP contribution in [0.25, 0.3) is 6.08 Å². The summed E-state index contributed by atoms with van der Waals surface area (Å²) in [5.41, 5.74) is 2.82. The number of para-hydroxylation sites is 1. The van der Waals surface area contributed by atoms with Gasteiger partial charge in [0.1, 0.15) is 11.6 Å². The maximum atomic E-state index is 12.1. The number of hydrogen-bond donors (Lipinski definition) is 1. The van der Waals surface area contributed by atoms with Gasteiger partial charge in [0.15, 0.2) is 0 Å². The van der Waals surface area contributed by atoms with Crippen molar-refractivity contribution in [1.29, 1.82) is 5.26 Å². The summed E-state index contributed by atoms with van der Waals surface area (Å²) in [4.78, 5) is 12.1. The zero-order chi connectivity index (χ0) is 15.1. The van der Waals surface area contributed by atoms with Crippen molar-refractivity contribution < 1.29 is 4.79 Å². The van der Waals surface area contributed by atoms with Crippen LogP contribution in [-0.4, -0.2) is 5.91 Å². The second-order valence-corrected chi connectivity index (χ2v) is 4.59. The van der Waals surface area contributed by atoms with Gasteiger partial charge in [0.25, 0.3) is 5.91 Å². The molecule has 0 fully saturated rings. The molecular weight excluding hydrogens is 260 g/mol. The lowest BCUT2D eigenvalue weighted by Gasteiger charge is -2.04. The number of nitriles is 1. The molecule has 0 saturated carbocycles. The molecule has 0 aromatic heterocycles. The summed E-state index contributed by atoms with van der Waals surface area (Å²) in [7, 11) is 0. The Hall–Kier alpha value is -2.86. The van der Waals surface area contributed by atoms with Crippen LogP contribution in [0.2, 0.25) is 0 Å². The number of amides is 1. The number of carbonyl (C=O) groups is 1. The summed E-state index contributed by atoms with van der Waals surface area (Å²) in [6.45, 7) is 2.08. The van der Waals surface area contributed by atoms with Gasteiger partial charge < -0.3 is 5.32 Å². The van der Waals surface area contributed by atoms with Gasteiger partial charge in [-0.2, -0.15) is 5.26 Å². The molecule has 2 aromatic rings. The molecule has 104 valence electrons. The van der Waals surface area contributed by atoms with Crippen LogP contribution in [0.5, 0.6) is 0 Å². The van der Waals surface area contributed by atoms with Crippen molar-refractivity contribution in [2.24, 2.45) is 0 Å². The average Bonchev–Trinajstić information content (AvgIpc) is 2.54. The first-order valence-electron chi connectivity index (χ1n) is 6.80. The molecule has 0 radical (unpaired) electrons. The first-order chi connectivity index (χ1) is 10.2.